The molecule has 3 N–H and O–H groups in total. The molecule has 0 bridgehead atoms. The summed E-state index contributed by atoms with van der Waals surface area (Å²) >= 11 is 0. The van der Waals surface area contributed by atoms with Crippen molar-refractivity contribution >= 4 is 5.91 Å². The van der Waals surface area contributed by atoms with E-state index in [0.717, 1.165) is 13.1 Å². The van der Waals surface area contributed by atoms with Crippen molar-refractivity contribution in [1.29, 1.82) is 0 Å². The first-order valence-corrected chi connectivity index (χ1v) is 6.10. The van der Waals surface area contributed by atoms with E-state index in [0.29, 0.717) is 18.7 Å². The highest BCUT2D eigenvalue weighted by Crippen LogP contribution is 2.16. The lowest BCUT2D eigenvalue weighted by molar-refractivity contribution is 0.0515. The second-order valence-electron chi connectivity index (χ2n) is 4.70. The van der Waals surface area contributed by atoms with Crippen molar-refractivity contribution in [3.63, 3.8) is 0 Å². The van der Waals surface area contributed by atoms with Gasteiger partial charge in [0.15, 0.2) is 0 Å². The van der Waals surface area contributed by atoms with Crippen molar-refractivity contribution in [1.82, 2.24) is 9.80 Å². The van der Waals surface area contributed by atoms with Gasteiger partial charge < -0.3 is 20.6 Å². The van der Waals surface area contributed by atoms with Crippen LogP contribution in [0, 0.1) is 0 Å². The molecule has 1 atom stereocenters. The summed E-state index contributed by atoms with van der Waals surface area (Å²) in [5.41, 5.74) is 6.24. The van der Waals surface area contributed by atoms with E-state index < -0.39 is 0 Å². The number of nitrogens with two attached hydrogens (primary N) is 1. The average Bonchev–Trinajstić information content (AvgIpc) is 2.37. The van der Waals surface area contributed by atoms with Crippen LogP contribution in [0.1, 0.15) is 10.4 Å². The van der Waals surface area contributed by atoms with E-state index in [1.54, 1.807) is 23.1 Å². The van der Waals surface area contributed by atoms with Gasteiger partial charge in [-0.3, -0.25) is 4.79 Å². The molecule has 0 spiro atoms. The minimum atomic E-state index is -0.0607. The Bertz CT molecular complexity index is 436. The topological polar surface area (TPSA) is 69.8 Å². The molecule has 0 saturated carbocycles. The lowest BCUT2D eigenvalue weighted by atomic mass is 10.1. The standard InChI is InChI=1S/C13H19N3O2/c1-15-5-6-16(11(8-14)9-15)13(18)10-3-2-4-12(17)7-10/h2-4,7,11,17H,5-6,8-9,14H2,1H3. The predicted octanol–water partition coefficient (Wildman–Crippen LogP) is 0.107. The third kappa shape index (κ3) is 2.63. The minimum absolute atomic E-state index is 0.0404. The van der Waals surface area contributed by atoms with Crippen LogP contribution in [0.5, 0.6) is 5.75 Å². The zero-order valence-corrected chi connectivity index (χ0v) is 10.5. The van der Waals surface area contributed by atoms with Crippen LogP contribution in [0.2, 0.25) is 0 Å². The Kier molecular flexibility index (Phi) is 3.84. The SMILES string of the molecule is CN1CCN(C(=O)c2cccc(O)c2)C(CN)C1. The molecule has 18 heavy (non-hydrogen) atoms. The molecule has 5 nitrogen and oxygen atoms in total. The molecule has 1 aromatic carbocycles. The second-order valence-corrected chi connectivity index (χ2v) is 4.70. The van der Waals surface area contributed by atoms with E-state index in [1.165, 1.54) is 6.07 Å². The fourth-order valence-corrected chi connectivity index (χ4v) is 2.28. The third-order valence-electron chi connectivity index (χ3n) is 3.31. The van der Waals surface area contributed by atoms with E-state index in [2.05, 4.69) is 4.90 Å². The Labute approximate surface area is 107 Å². The lowest BCUT2D eigenvalue weighted by Gasteiger charge is -2.39. The number of phenolic OH excluding ortho intramolecular Hbond substituents is 1. The summed E-state index contributed by atoms with van der Waals surface area (Å²) in [6.07, 6.45) is 0. The fourth-order valence-electron chi connectivity index (χ4n) is 2.28. The highest BCUT2D eigenvalue weighted by molar-refractivity contribution is 5.94. The highest BCUT2D eigenvalue weighted by atomic mass is 16.3. The van der Waals surface area contributed by atoms with Gasteiger partial charge in [-0.05, 0) is 25.2 Å². The van der Waals surface area contributed by atoms with Crippen molar-refractivity contribution in [2.75, 3.05) is 33.2 Å². The van der Waals surface area contributed by atoms with Crippen LogP contribution in [0.15, 0.2) is 24.3 Å². The van der Waals surface area contributed by atoms with Crippen LogP contribution in [-0.4, -0.2) is 60.1 Å². The van der Waals surface area contributed by atoms with Gasteiger partial charge >= 0.3 is 0 Å². The Morgan fingerprint density at radius 1 is 1.50 bits per heavy atom. The van der Waals surface area contributed by atoms with E-state index in [1.807, 2.05) is 7.05 Å². The molecule has 98 valence electrons. The number of nitrogens with zero attached hydrogens (tertiary/aromatic N) is 2. The largest absolute Gasteiger partial charge is 0.508 e. The van der Waals surface area contributed by atoms with Crippen molar-refractivity contribution in [3.05, 3.63) is 29.8 Å². The normalized spacial score (nSPS) is 21.0. The number of carbonyl (C=O) groups excluding carboxylic acids is 1. The summed E-state index contributed by atoms with van der Waals surface area (Å²) in [5, 5.41) is 9.42. The summed E-state index contributed by atoms with van der Waals surface area (Å²) < 4.78 is 0. The zero-order chi connectivity index (χ0) is 13.1. The first-order chi connectivity index (χ1) is 8.61. The monoisotopic (exact) mass is 249 g/mol. The number of piperazine rings is 1. The van der Waals surface area contributed by atoms with Gasteiger partial charge in [0.05, 0.1) is 6.04 Å². The smallest absolute Gasteiger partial charge is 0.254 e. The second kappa shape index (κ2) is 5.37. The summed E-state index contributed by atoms with van der Waals surface area (Å²) in [7, 11) is 2.03. The van der Waals surface area contributed by atoms with Crippen molar-refractivity contribution in [2.45, 2.75) is 6.04 Å². The van der Waals surface area contributed by atoms with E-state index in [-0.39, 0.29) is 17.7 Å². The van der Waals surface area contributed by atoms with Gasteiger partial charge in [0.1, 0.15) is 5.75 Å². The highest BCUT2D eigenvalue weighted by Gasteiger charge is 2.28. The number of phenols is 1. The number of rotatable bonds is 2. The molecule has 1 saturated heterocycles. The van der Waals surface area contributed by atoms with Gasteiger partial charge in [-0.15, -0.1) is 0 Å². The maximum absolute atomic E-state index is 12.4. The molecule has 1 aliphatic rings. The quantitative estimate of drug-likeness (QED) is 0.780. The molecule has 0 aliphatic carbocycles. The van der Waals surface area contributed by atoms with E-state index >= 15 is 0 Å². The summed E-state index contributed by atoms with van der Waals surface area (Å²) in [6.45, 7) is 2.77. The van der Waals surface area contributed by atoms with Crippen LogP contribution < -0.4 is 5.73 Å². The molecule has 0 radical (unpaired) electrons. The molecule has 1 heterocycles. The van der Waals surface area contributed by atoms with Crippen LogP contribution in [0.4, 0.5) is 0 Å². The van der Waals surface area contributed by atoms with Gasteiger partial charge in [-0.2, -0.15) is 0 Å². The Hall–Kier alpha value is -1.59. The Balaban J connectivity index is 2.17. The molecular weight excluding hydrogens is 230 g/mol. The fraction of sp³-hybridized carbons (Fsp3) is 0.462. The average molecular weight is 249 g/mol. The Morgan fingerprint density at radius 2 is 2.28 bits per heavy atom. The van der Waals surface area contributed by atoms with Gasteiger partial charge in [-0.1, -0.05) is 6.07 Å². The van der Waals surface area contributed by atoms with Crippen molar-refractivity contribution in [2.24, 2.45) is 5.73 Å². The third-order valence-corrected chi connectivity index (χ3v) is 3.31. The number of hydrogen-bond donors (Lipinski definition) is 2. The van der Waals surface area contributed by atoms with Crippen LogP contribution in [0.25, 0.3) is 0 Å². The molecule has 0 aromatic heterocycles. The van der Waals surface area contributed by atoms with Gasteiger partial charge in [0, 0.05) is 31.7 Å². The lowest BCUT2D eigenvalue weighted by Crippen LogP contribution is -2.56. The number of carbonyl (C=O) groups is 1. The van der Waals surface area contributed by atoms with Crippen LogP contribution >= 0.6 is 0 Å². The molecule has 1 fully saturated rings. The molecule has 1 unspecified atom stereocenters. The molecule has 1 amide bonds. The summed E-state index contributed by atoms with van der Waals surface area (Å²) in [5.74, 6) is 0.0497. The van der Waals surface area contributed by atoms with Crippen molar-refractivity contribution in [3.8, 4) is 5.75 Å². The number of likely N-dealkylation sites (N-methyl/N-ethyl adjacent to an activating group) is 1. The number of amides is 1. The van der Waals surface area contributed by atoms with Crippen molar-refractivity contribution < 1.29 is 9.90 Å². The molecule has 1 aromatic rings. The van der Waals surface area contributed by atoms with Gasteiger partial charge in [-0.25, -0.2) is 0 Å². The predicted molar refractivity (Wildman–Crippen MR) is 69.5 cm³/mol. The maximum Gasteiger partial charge on any atom is 0.254 e. The first kappa shape index (κ1) is 12.9. The van der Waals surface area contributed by atoms with Gasteiger partial charge in [0.2, 0.25) is 0 Å². The van der Waals surface area contributed by atoms with E-state index in [4.69, 9.17) is 5.73 Å². The molecular formula is C13H19N3O2. The molecule has 5 heteroatoms. The molecule has 1 aliphatic heterocycles. The Morgan fingerprint density at radius 3 is 2.94 bits per heavy atom. The zero-order valence-electron chi connectivity index (χ0n) is 10.5. The summed E-state index contributed by atoms with van der Waals surface area (Å²) in [4.78, 5) is 16.3. The first-order valence-electron chi connectivity index (χ1n) is 6.10. The number of benzene rings is 1. The van der Waals surface area contributed by atoms with Crippen LogP contribution in [-0.2, 0) is 0 Å². The maximum atomic E-state index is 12.4. The minimum Gasteiger partial charge on any atom is -0.508 e. The van der Waals surface area contributed by atoms with Gasteiger partial charge in [0.25, 0.3) is 5.91 Å². The summed E-state index contributed by atoms with van der Waals surface area (Å²) in [6, 6.07) is 6.48. The number of hydrogen-bond acceptors (Lipinski definition) is 4. The van der Waals surface area contributed by atoms with E-state index in [9.17, 15) is 9.90 Å². The van der Waals surface area contributed by atoms with Crippen LogP contribution in [0.3, 0.4) is 0 Å². The molecule has 2 rings (SSSR count). The number of aromatic hydroxyl groups is 1.